The first-order valence-electron chi connectivity index (χ1n) is 7.52. The van der Waals surface area contributed by atoms with Gasteiger partial charge in [-0.1, -0.05) is 11.6 Å². The molecule has 0 aromatic carbocycles. The van der Waals surface area contributed by atoms with Gasteiger partial charge in [0, 0.05) is 31.0 Å². The highest BCUT2D eigenvalue weighted by atomic mass is 35.5. The molecule has 0 unspecified atom stereocenters. The number of hydrogen-bond acceptors (Lipinski definition) is 4. The molecule has 1 aromatic heterocycles. The van der Waals surface area contributed by atoms with Crippen LogP contribution in [0.15, 0.2) is 12.1 Å². The Labute approximate surface area is 147 Å². The number of rotatable bonds is 7. The number of carbonyl (C=O) groups excluding carboxylic acids is 1. The van der Waals surface area contributed by atoms with E-state index >= 15 is 0 Å². The van der Waals surface area contributed by atoms with Crippen LogP contribution in [0.5, 0.6) is 0 Å². The van der Waals surface area contributed by atoms with Gasteiger partial charge in [-0.3, -0.25) is 4.79 Å². The minimum absolute atomic E-state index is 0. The highest BCUT2D eigenvalue weighted by Gasteiger charge is 2.22. The Hall–Kier alpha value is -0.330. The minimum Gasteiger partial charge on any atom is -0.378 e. The van der Waals surface area contributed by atoms with E-state index < -0.39 is 0 Å². The van der Waals surface area contributed by atoms with Crippen LogP contribution < -0.4 is 5.73 Å². The Bertz CT molecular complexity index is 449. The van der Waals surface area contributed by atoms with Gasteiger partial charge in [0.05, 0.1) is 10.4 Å². The van der Waals surface area contributed by atoms with E-state index in [1.807, 2.05) is 17.0 Å². The number of piperidine rings is 1. The van der Waals surface area contributed by atoms with Crippen molar-refractivity contribution in [2.75, 3.05) is 26.2 Å². The van der Waals surface area contributed by atoms with E-state index in [1.165, 1.54) is 4.88 Å². The molecule has 1 aromatic rings. The minimum atomic E-state index is 0. The van der Waals surface area contributed by atoms with Gasteiger partial charge < -0.3 is 15.4 Å². The number of nitrogens with zero attached hydrogens (tertiary/aromatic N) is 1. The maximum absolute atomic E-state index is 12.2. The summed E-state index contributed by atoms with van der Waals surface area (Å²) >= 11 is 7.45. The van der Waals surface area contributed by atoms with E-state index in [0.29, 0.717) is 13.0 Å². The fourth-order valence-corrected chi connectivity index (χ4v) is 3.57. The van der Waals surface area contributed by atoms with Crippen LogP contribution in [0.1, 0.15) is 30.6 Å². The first kappa shape index (κ1) is 19.7. The lowest BCUT2D eigenvalue weighted by Gasteiger charge is -2.32. The third kappa shape index (κ3) is 6.42. The molecule has 7 heteroatoms. The summed E-state index contributed by atoms with van der Waals surface area (Å²) in [7, 11) is 0. The van der Waals surface area contributed by atoms with E-state index in [1.54, 1.807) is 11.3 Å². The summed E-state index contributed by atoms with van der Waals surface area (Å²) in [6.07, 6.45) is 4.40. The molecule has 126 valence electrons. The van der Waals surface area contributed by atoms with E-state index in [9.17, 15) is 4.79 Å². The first-order chi connectivity index (χ1) is 10.2. The molecule has 0 bridgehead atoms. The first-order valence-corrected chi connectivity index (χ1v) is 8.72. The summed E-state index contributed by atoms with van der Waals surface area (Å²) in [6.45, 7) is 3.01. The van der Waals surface area contributed by atoms with Crippen LogP contribution in [0.4, 0.5) is 0 Å². The molecule has 2 N–H and O–H groups in total. The number of likely N-dealkylation sites (tertiary alicyclic amines) is 1. The Balaban J connectivity index is 0.00000242. The van der Waals surface area contributed by atoms with Gasteiger partial charge in [-0.25, -0.2) is 0 Å². The molecule has 1 fully saturated rings. The van der Waals surface area contributed by atoms with E-state index in [4.69, 9.17) is 22.1 Å². The van der Waals surface area contributed by atoms with Crippen molar-refractivity contribution in [3.8, 4) is 0 Å². The molecule has 2 rings (SSSR count). The highest BCUT2D eigenvalue weighted by Crippen LogP contribution is 2.23. The number of amides is 1. The highest BCUT2D eigenvalue weighted by molar-refractivity contribution is 7.16. The zero-order valence-corrected chi connectivity index (χ0v) is 15.0. The van der Waals surface area contributed by atoms with Crippen LogP contribution in [0, 0.1) is 0 Å². The lowest BCUT2D eigenvalue weighted by molar-refractivity contribution is -0.133. The molecule has 0 atom stereocenters. The second-order valence-electron chi connectivity index (χ2n) is 5.30. The zero-order chi connectivity index (χ0) is 15.1. The molecular weight excluding hydrogens is 343 g/mol. The van der Waals surface area contributed by atoms with Crippen molar-refractivity contribution in [1.29, 1.82) is 0 Å². The van der Waals surface area contributed by atoms with Crippen molar-refractivity contribution < 1.29 is 9.53 Å². The standard InChI is InChI=1S/C15H23ClN2O2S.ClH/c16-14-4-2-13(21-14)3-5-15(19)18-9-6-12(7-10-18)20-11-1-8-17;/h2,4,12H,1,3,5-11,17H2;1H. The lowest BCUT2D eigenvalue weighted by Crippen LogP contribution is -2.41. The van der Waals surface area contributed by atoms with Crippen molar-refractivity contribution in [3.05, 3.63) is 21.3 Å². The smallest absolute Gasteiger partial charge is 0.222 e. The number of aryl methyl sites for hydroxylation is 1. The maximum atomic E-state index is 12.2. The summed E-state index contributed by atoms with van der Waals surface area (Å²) in [4.78, 5) is 15.3. The van der Waals surface area contributed by atoms with Gasteiger partial charge in [0.2, 0.25) is 5.91 Å². The largest absolute Gasteiger partial charge is 0.378 e. The van der Waals surface area contributed by atoms with Gasteiger partial charge in [-0.15, -0.1) is 23.7 Å². The third-order valence-corrected chi connectivity index (χ3v) is 5.00. The van der Waals surface area contributed by atoms with Crippen molar-refractivity contribution in [1.82, 2.24) is 4.90 Å². The average Bonchev–Trinajstić information content (AvgIpc) is 2.91. The Morgan fingerprint density at radius 1 is 1.41 bits per heavy atom. The molecule has 1 aliphatic heterocycles. The Kier molecular flexibility index (Phi) is 9.36. The molecule has 0 saturated carbocycles. The number of ether oxygens (including phenoxy) is 1. The Morgan fingerprint density at radius 2 is 2.14 bits per heavy atom. The zero-order valence-electron chi connectivity index (χ0n) is 12.6. The molecule has 2 heterocycles. The van der Waals surface area contributed by atoms with Crippen molar-refractivity contribution in [2.24, 2.45) is 5.73 Å². The maximum Gasteiger partial charge on any atom is 0.222 e. The van der Waals surface area contributed by atoms with Gasteiger partial charge in [0.25, 0.3) is 0 Å². The summed E-state index contributed by atoms with van der Waals surface area (Å²) in [5, 5.41) is 0. The SMILES string of the molecule is Cl.NCCCOC1CCN(C(=O)CCc2ccc(Cl)s2)CC1. The fourth-order valence-electron chi connectivity index (χ4n) is 2.48. The van der Waals surface area contributed by atoms with E-state index in [-0.39, 0.29) is 24.4 Å². The molecule has 1 saturated heterocycles. The number of carbonyl (C=O) groups is 1. The molecule has 1 amide bonds. The monoisotopic (exact) mass is 366 g/mol. The molecule has 22 heavy (non-hydrogen) atoms. The molecule has 0 spiro atoms. The summed E-state index contributed by atoms with van der Waals surface area (Å²) in [6, 6.07) is 3.88. The molecule has 4 nitrogen and oxygen atoms in total. The summed E-state index contributed by atoms with van der Waals surface area (Å²) in [5.41, 5.74) is 5.45. The van der Waals surface area contributed by atoms with Crippen LogP contribution in [0.25, 0.3) is 0 Å². The average molecular weight is 367 g/mol. The molecule has 0 aliphatic carbocycles. The number of nitrogens with two attached hydrogens (primary N) is 1. The van der Waals surface area contributed by atoms with Crippen LogP contribution >= 0.6 is 35.3 Å². The second kappa shape index (κ2) is 10.4. The third-order valence-electron chi connectivity index (χ3n) is 3.71. The van der Waals surface area contributed by atoms with Crippen LogP contribution in [-0.4, -0.2) is 43.2 Å². The summed E-state index contributed by atoms with van der Waals surface area (Å²) in [5.74, 6) is 0.236. The van der Waals surface area contributed by atoms with Gasteiger partial charge in [0.1, 0.15) is 0 Å². The molecule has 1 aliphatic rings. The van der Waals surface area contributed by atoms with Crippen molar-refractivity contribution >= 4 is 41.3 Å². The van der Waals surface area contributed by atoms with Gasteiger partial charge in [-0.2, -0.15) is 0 Å². The fraction of sp³-hybridized carbons (Fsp3) is 0.667. The Morgan fingerprint density at radius 3 is 2.73 bits per heavy atom. The quantitative estimate of drug-likeness (QED) is 0.754. The molecule has 0 radical (unpaired) electrons. The predicted molar refractivity (Wildman–Crippen MR) is 94.1 cm³/mol. The molecular formula is C15H24Cl2N2O2S. The number of thiophene rings is 1. The van der Waals surface area contributed by atoms with Crippen LogP contribution in [-0.2, 0) is 16.0 Å². The predicted octanol–water partition coefficient (Wildman–Crippen LogP) is 3.11. The normalized spacial score (nSPS) is 15.6. The van der Waals surface area contributed by atoms with Crippen molar-refractivity contribution in [2.45, 2.75) is 38.2 Å². The van der Waals surface area contributed by atoms with Gasteiger partial charge in [0.15, 0.2) is 0 Å². The van der Waals surface area contributed by atoms with Crippen molar-refractivity contribution in [3.63, 3.8) is 0 Å². The number of halogens is 2. The van der Waals surface area contributed by atoms with E-state index in [0.717, 1.165) is 49.7 Å². The van der Waals surface area contributed by atoms with Gasteiger partial charge in [-0.05, 0) is 44.4 Å². The topological polar surface area (TPSA) is 55.6 Å². The second-order valence-corrected chi connectivity index (χ2v) is 7.10. The number of hydrogen-bond donors (Lipinski definition) is 1. The van der Waals surface area contributed by atoms with E-state index in [2.05, 4.69) is 0 Å². The van der Waals surface area contributed by atoms with Crippen LogP contribution in [0.3, 0.4) is 0 Å². The lowest BCUT2D eigenvalue weighted by atomic mass is 10.1. The van der Waals surface area contributed by atoms with Crippen LogP contribution in [0.2, 0.25) is 4.34 Å². The summed E-state index contributed by atoms with van der Waals surface area (Å²) < 4.78 is 6.54. The van der Waals surface area contributed by atoms with Gasteiger partial charge >= 0.3 is 0 Å².